The number of aliphatic hydroxyl groups excluding tert-OH is 6. The molecule has 8 aliphatic heterocycles. The van der Waals surface area contributed by atoms with E-state index in [1.54, 1.807) is 7.11 Å². The summed E-state index contributed by atoms with van der Waals surface area (Å²) in [7, 11) is 1.56. The van der Waals surface area contributed by atoms with Crippen LogP contribution in [0.5, 0.6) is 0 Å². The van der Waals surface area contributed by atoms with Crippen molar-refractivity contribution in [3.8, 4) is 0 Å². The number of ether oxygens (including phenoxy) is 6. The SMILES string of the molecule is C=C1C(C)CC2CC[C@@H]3OC(CCC(O)/C=C/C(O)C4O[C@H]5CC[C@H](CC(=O)CC6[C@H](CC1O2)O[C@H](CC(O)CO)[C@@H]6OC)OC5[C@H](O)[C@@H]4O)CC3=C. The average molecular weight is 751 g/mol. The summed E-state index contributed by atoms with van der Waals surface area (Å²) in [5.74, 6) is -0.241. The molecule has 5 saturated heterocycles. The van der Waals surface area contributed by atoms with Crippen molar-refractivity contribution in [1.82, 2.24) is 0 Å². The Bertz CT molecular complexity index is 1290. The Morgan fingerprint density at radius 1 is 0.792 bits per heavy atom. The van der Waals surface area contributed by atoms with Crippen LogP contribution in [0, 0.1) is 11.8 Å². The highest BCUT2D eigenvalue weighted by Gasteiger charge is 2.51. The number of methoxy groups -OCH3 is 1. The lowest BCUT2D eigenvalue weighted by molar-refractivity contribution is -0.273. The number of carbonyl (C=O) groups excluding carboxylic acids is 1. The molecule has 10 unspecified atom stereocenters. The minimum absolute atomic E-state index is 0.0416. The van der Waals surface area contributed by atoms with Crippen LogP contribution < -0.4 is 0 Å². The molecule has 13 heteroatoms. The van der Waals surface area contributed by atoms with E-state index >= 15 is 0 Å². The van der Waals surface area contributed by atoms with E-state index in [4.69, 9.17) is 28.4 Å². The Morgan fingerprint density at radius 2 is 1.49 bits per heavy atom. The molecule has 300 valence electrons. The molecule has 6 N–H and O–H groups in total. The number of Topliss-reactive ketones (excluding diaryl/α,β-unsaturated/α-hetero) is 1. The summed E-state index contributed by atoms with van der Waals surface area (Å²) in [4.78, 5) is 13.8. The molecule has 0 aromatic rings. The highest BCUT2D eigenvalue weighted by Crippen LogP contribution is 2.42. The maximum atomic E-state index is 13.8. The zero-order chi connectivity index (χ0) is 38.0. The summed E-state index contributed by atoms with van der Waals surface area (Å²) in [6.07, 6.45) is -2.53. The van der Waals surface area contributed by atoms with Crippen LogP contribution in [0.15, 0.2) is 36.5 Å². The second kappa shape index (κ2) is 18.1. The molecule has 0 saturated carbocycles. The van der Waals surface area contributed by atoms with Crippen LogP contribution in [0.3, 0.4) is 0 Å². The van der Waals surface area contributed by atoms with E-state index in [1.165, 1.54) is 12.2 Å². The first-order valence-corrected chi connectivity index (χ1v) is 19.7. The average Bonchev–Trinajstić information content (AvgIpc) is 3.65. The monoisotopic (exact) mass is 750 g/mol. The van der Waals surface area contributed by atoms with Crippen molar-refractivity contribution in [2.75, 3.05) is 13.7 Å². The molecule has 8 heterocycles. The fourth-order valence-corrected chi connectivity index (χ4v) is 9.50. The van der Waals surface area contributed by atoms with Crippen molar-refractivity contribution in [3.05, 3.63) is 36.5 Å². The van der Waals surface area contributed by atoms with Crippen LogP contribution in [0.4, 0.5) is 0 Å². The van der Waals surface area contributed by atoms with E-state index in [0.717, 1.165) is 30.4 Å². The lowest BCUT2D eigenvalue weighted by Crippen LogP contribution is -2.63. The van der Waals surface area contributed by atoms with E-state index in [0.29, 0.717) is 38.5 Å². The highest BCUT2D eigenvalue weighted by atomic mass is 16.6. The van der Waals surface area contributed by atoms with Gasteiger partial charge in [0.15, 0.2) is 0 Å². The minimum Gasteiger partial charge on any atom is -0.394 e. The van der Waals surface area contributed by atoms with Crippen LogP contribution in [-0.2, 0) is 33.2 Å². The van der Waals surface area contributed by atoms with E-state index in [2.05, 4.69) is 20.1 Å². The second-order valence-corrected chi connectivity index (χ2v) is 16.4. The van der Waals surface area contributed by atoms with Gasteiger partial charge in [0.05, 0.1) is 73.8 Å². The molecule has 8 rings (SSSR count). The molecule has 53 heavy (non-hydrogen) atoms. The fraction of sp³-hybridized carbons (Fsp3) is 0.825. The van der Waals surface area contributed by atoms with Crippen molar-refractivity contribution in [2.45, 2.75) is 182 Å². The fourth-order valence-electron chi connectivity index (χ4n) is 9.50. The zero-order valence-electron chi connectivity index (χ0n) is 31.2. The van der Waals surface area contributed by atoms with E-state index in [-0.39, 0.29) is 61.3 Å². The minimum atomic E-state index is -1.46. The van der Waals surface area contributed by atoms with Gasteiger partial charge >= 0.3 is 0 Å². The lowest BCUT2D eigenvalue weighted by atomic mass is 9.81. The Morgan fingerprint density at radius 3 is 2.25 bits per heavy atom. The van der Waals surface area contributed by atoms with E-state index in [1.807, 2.05) is 0 Å². The van der Waals surface area contributed by atoms with Crippen molar-refractivity contribution in [2.24, 2.45) is 11.8 Å². The number of fused-ring (bicyclic) bond motifs is 2. The molecule has 0 aliphatic carbocycles. The van der Waals surface area contributed by atoms with Gasteiger partial charge < -0.3 is 59.1 Å². The quantitative estimate of drug-likeness (QED) is 0.228. The topological polar surface area (TPSA) is 194 Å². The molecule has 8 aliphatic rings. The smallest absolute Gasteiger partial charge is 0.135 e. The molecule has 0 aromatic heterocycles. The molecule has 0 aromatic carbocycles. The third-order valence-corrected chi connectivity index (χ3v) is 12.5. The molecule has 8 bridgehead atoms. The maximum Gasteiger partial charge on any atom is 0.135 e. The van der Waals surface area contributed by atoms with Gasteiger partial charge in [-0.15, -0.1) is 0 Å². The molecule has 13 nitrogen and oxygen atoms in total. The number of ketones is 1. The van der Waals surface area contributed by atoms with Crippen LogP contribution in [-0.4, -0.2) is 148 Å². The summed E-state index contributed by atoms with van der Waals surface area (Å²) in [5.41, 5.74) is 1.99. The molecular weight excluding hydrogens is 688 g/mol. The largest absolute Gasteiger partial charge is 0.394 e. The highest BCUT2D eigenvalue weighted by molar-refractivity contribution is 5.79. The van der Waals surface area contributed by atoms with Gasteiger partial charge in [0.1, 0.15) is 36.3 Å². The maximum absolute atomic E-state index is 13.8. The number of hydrogen-bond acceptors (Lipinski definition) is 13. The second-order valence-electron chi connectivity index (χ2n) is 16.4. The van der Waals surface area contributed by atoms with Crippen molar-refractivity contribution in [1.29, 1.82) is 0 Å². The van der Waals surface area contributed by atoms with Crippen molar-refractivity contribution < 1.29 is 63.9 Å². The third-order valence-electron chi connectivity index (χ3n) is 12.5. The van der Waals surface area contributed by atoms with Crippen LogP contribution in [0.25, 0.3) is 0 Å². The Labute approximate surface area is 312 Å². The van der Waals surface area contributed by atoms with Gasteiger partial charge in [-0.3, -0.25) is 4.79 Å². The van der Waals surface area contributed by atoms with Gasteiger partial charge in [-0.05, 0) is 68.4 Å². The molecule has 18 atom stereocenters. The third kappa shape index (κ3) is 9.69. The summed E-state index contributed by atoms with van der Waals surface area (Å²) < 4.78 is 37.8. The van der Waals surface area contributed by atoms with Gasteiger partial charge in [0.2, 0.25) is 0 Å². The lowest BCUT2D eigenvalue weighted by Gasteiger charge is -2.47. The van der Waals surface area contributed by atoms with Gasteiger partial charge in [0, 0.05) is 38.7 Å². The Balaban J connectivity index is 1.22. The van der Waals surface area contributed by atoms with Gasteiger partial charge in [-0.1, -0.05) is 32.2 Å². The Kier molecular flexibility index (Phi) is 14.0. The first-order chi connectivity index (χ1) is 25.3. The van der Waals surface area contributed by atoms with Crippen LogP contribution >= 0.6 is 0 Å². The van der Waals surface area contributed by atoms with Crippen LogP contribution in [0.2, 0.25) is 0 Å². The van der Waals surface area contributed by atoms with Crippen LogP contribution in [0.1, 0.15) is 84.0 Å². The number of aliphatic hydroxyl groups is 6. The molecule has 0 radical (unpaired) electrons. The summed E-state index contributed by atoms with van der Waals surface area (Å²) >= 11 is 0. The van der Waals surface area contributed by atoms with Gasteiger partial charge in [0.25, 0.3) is 0 Å². The standard InChI is InChI=1S/C40H62O13/c1-20-13-27-8-11-31-21(2)14-26(49-31)7-5-23(42)6-10-30(45)39-36(46)37(47)40-32(53-39)12-9-28(51-40)15-24(43)16-29-34(18-33(50-27)22(20)3)52-35(38(29)48-4)17-25(44)19-41/h6,10,20,23,25-42,44-47H,2-3,5,7-9,11-19H2,1,4H3/b10-6+/t20?,23?,25?,26?,27?,28-,29?,30?,31+,32+,33?,34+,35-,36+,37-,38-,39?,40?/m1/s1. The predicted octanol–water partition coefficient (Wildman–Crippen LogP) is 1.82. The predicted molar refractivity (Wildman–Crippen MR) is 192 cm³/mol. The number of carbonyl (C=O) groups is 1. The molecule has 5 fully saturated rings. The van der Waals surface area contributed by atoms with Gasteiger partial charge in [-0.2, -0.15) is 0 Å². The first kappa shape index (κ1) is 41.1. The summed E-state index contributed by atoms with van der Waals surface area (Å²) in [6, 6.07) is 0. The number of rotatable bonds is 4. The number of hydrogen-bond donors (Lipinski definition) is 6. The van der Waals surface area contributed by atoms with E-state index in [9.17, 15) is 35.4 Å². The zero-order valence-corrected chi connectivity index (χ0v) is 31.2. The van der Waals surface area contributed by atoms with E-state index < -0.39 is 79.9 Å². The first-order valence-electron chi connectivity index (χ1n) is 19.7. The molecule has 0 amide bonds. The summed E-state index contributed by atoms with van der Waals surface area (Å²) in [5, 5.41) is 63.7. The molecular formula is C40H62O13. The Hall–Kier alpha value is -1.59. The van der Waals surface area contributed by atoms with Crippen molar-refractivity contribution in [3.63, 3.8) is 0 Å². The molecule has 0 spiro atoms. The van der Waals surface area contributed by atoms with Gasteiger partial charge in [-0.25, -0.2) is 0 Å². The summed E-state index contributed by atoms with van der Waals surface area (Å²) in [6.45, 7) is 10.4. The van der Waals surface area contributed by atoms with Crippen molar-refractivity contribution >= 4 is 5.78 Å². The normalized spacial score (nSPS) is 47.4.